The molecule has 1 saturated carbocycles. The van der Waals surface area contributed by atoms with E-state index in [1.54, 1.807) is 7.11 Å². The molecule has 3 unspecified atom stereocenters. The molecule has 1 aliphatic carbocycles. The van der Waals surface area contributed by atoms with Crippen LogP contribution in [0.5, 0.6) is 0 Å². The molecular weight excluding hydrogens is 172 g/mol. The van der Waals surface area contributed by atoms with E-state index in [0.717, 1.165) is 0 Å². The molecule has 3 atom stereocenters. The Kier molecular flexibility index (Phi) is 3.69. The predicted octanol–water partition coefficient (Wildman–Crippen LogP) is 0.335. The fourth-order valence-electron chi connectivity index (χ4n) is 1.75. The molecule has 0 spiro atoms. The van der Waals surface area contributed by atoms with Crippen molar-refractivity contribution in [2.24, 2.45) is 5.92 Å². The topological polar surface area (TPSA) is 55.8 Å². The van der Waals surface area contributed by atoms with Gasteiger partial charge in [0.15, 0.2) is 0 Å². The van der Waals surface area contributed by atoms with Crippen molar-refractivity contribution < 1.29 is 19.4 Å². The van der Waals surface area contributed by atoms with Crippen molar-refractivity contribution in [3.63, 3.8) is 0 Å². The van der Waals surface area contributed by atoms with Crippen molar-refractivity contribution in [2.75, 3.05) is 14.2 Å². The molecule has 4 nitrogen and oxygen atoms in total. The number of carbonyl (C=O) groups excluding carboxylic acids is 1. The zero-order chi connectivity index (χ0) is 9.84. The summed E-state index contributed by atoms with van der Waals surface area (Å²) in [5, 5.41) is 9.46. The zero-order valence-corrected chi connectivity index (χ0v) is 8.03. The summed E-state index contributed by atoms with van der Waals surface area (Å²) in [5.41, 5.74) is 0. The molecule has 0 aromatic rings. The highest BCUT2D eigenvalue weighted by Gasteiger charge is 2.33. The van der Waals surface area contributed by atoms with Gasteiger partial charge in [0, 0.05) is 7.11 Å². The normalized spacial score (nSPS) is 34.2. The Labute approximate surface area is 77.8 Å². The van der Waals surface area contributed by atoms with Crippen LogP contribution < -0.4 is 0 Å². The number of aliphatic hydroxyl groups is 1. The zero-order valence-electron chi connectivity index (χ0n) is 8.03. The number of hydrogen-bond donors (Lipinski definition) is 1. The Balaban J connectivity index is 2.49. The summed E-state index contributed by atoms with van der Waals surface area (Å²) in [6.45, 7) is 0. The molecule has 4 heteroatoms. The molecule has 76 valence electrons. The number of ether oxygens (including phenoxy) is 2. The van der Waals surface area contributed by atoms with Gasteiger partial charge in [-0.2, -0.15) is 0 Å². The smallest absolute Gasteiger partial charge is 0.308 e. The van der Waals surface area contributed by atoms with Crippen molar-refractivity contribution in [3.8, 4) is 0 Å². The van der Waals surface area contributed by atoms with Gasteiger partial charge in [-0.25, -0.2) is 0 Å². The molecule has 0 aromatic heterocycles. The monoisotopic (exact) mass is 188 g/mol. The Morgan fingerprint density at radius 1 is 1.38 bits per heavy atom. The van der Waals surface area contributed by atoms with Crippen LogP contribution in [0, 0.1) is 5.92 Å². The third kappa shape index (κ3) is 2.42. The van der Waals surface area contributed by atoms with Crippen molar-refractivity contribution in [3.05, 3.63) is 0 Å². The maximum atomic E-state index is 11.2. The van der Waals surface area contributed by atoms with E-state index in [2.05, 4.69) is 4.74 Å². The van der Waals surface area contributed by atoms with Crippen LogP contribution in [-0.4, -0.2) is 37.5 Å². The third-order valence-corrected chi connectivity index (χ3v) is 2.59. The SMILES string of the molecule is COC(=O)C1CCC(O)C(OC)C1. The quantitative estimate of drug-likeness (QED) is 0.635. The average Bonchev–Trinajstić information content (AvgIpc) is 2.17. The van der Waals surface area contributed by atoms with Crippen molar-refractivity contribution in [1.82, 2.24) is 0 Å². The second-order valence-electron chi connectivity index (χ2n) is 3.37. The standard InChI is InChI=1S/C9H16O4/c1-12-8-5-6(9(11)13-2)3-4-7(8)10/h6-8,10H,3-5H2,1-2H3. The second kappa shape index (κ2) is 4.58. The molecule has 0 amide bonds. The minimum Gasteiger partial charge on any atom is -0.469 e. The summed E-state index contributed by atoms with van der Waals surface area (Å²) in [5.74, 6) is -0.313. The second-order valence-corrected chi connectivity index (χ2v) is 3.37. The summed E-state index contributed by atoms with van der Waals surface area (Å²) in [4.78, 5) is 11.2. The van der Waals surface area contributed by atoms with Gasteiger partial charge in [-0.05, 0) is 19.3 Å². The highest BCUT2D eigenvalue weighted by molar-refractivity contribution is 5.72. The van der Waals surface area contributed by atoms with Gasteiger partial charge in [0.1, 0.15) is 0 Å². The Hall–Kier alpha value is -0.610. The van der Waals surface area contributed by atoms with Crippen LogP contribution in [0.25, 0.3) is 0 Å². The first-order valence-electron chi connectivity index (χ1n) is 4.47. The van der Waals surface area contributed by atoms with Gasteiger partial charge in [0.05, 0.1) is 25.2 Å². The first-order valence-corrected chi connectivity index (χ1v) is 4.47. The van der Waals surface area contributed by atoms with Gasteiger partial charge < -0.3 is 14.6 Å². The average molecular weight is 188 g/mol. The minimum atomic E-state index is -0.439. The highest BCUT2D eigenvalue weighted by Crippen LogP contribution is 2.27. The van der Waals surface area contributed by atoms with E-state index >= 15 is 0 Å². The van der Waals surface area contributed by atoms with Crippen LogP contribution in [0.3, 0.4) is 0 Å². The fourth-order valence-corrected chi connectivity index (χ4v) is 1.75. The van der Waals surface area contributed by atoms with Crippen LogP contribution in [0.15, 0.2) is 0 Å². The number of methoxy groups -OCH3 is 2. The maximum Gasteiger partial charge on any atom is 0.308 e. The van der Waals surface area contributed by atoms with Gasteiger partial charge in [-0.15, -0.1) is 0 Å². The van der Waals surface area contributed by atoms with Crippen LogP contribution in [0.2, 0.25) is 0 Å². The first kappa shape index (κ1) is 10.5. The lowest BCUT2D eigenvalue weighted by molar-refractivity contribution is -0.150. The Morgan fingerprint density at radius 2 is 2.08 bits per heavy atom. The summed E-state index contributed by atoms with van der Waals surface area (Å²) in [7, 11) is 2.93. The van der Waals surface area contributed by atoms with Gasteiger partial charge in [0.25, 0.3) is 0 Å². The molecular formula is C9H16O4. The molecule has 0 heterocycles. The first-order chi connectivity index (χ1) is 6.19. The highest BCUT2D eigenvalue weighted by atomic mass is 16.5. The Bertz CT molecular complexity index is 180. The number of carbonyl (C=O) groups is 1. The lowest BCUT2D eigenvalue weighted by atomic mass is 9.85. The summed E-state index contributed by atoms with van der Waals surface area (Å²) < 4.78 is 9.71. The van der Waals surface area contributed by atoms with Gasteiger partial charge in [-0.1, -0.05) is 0 Å². The van der Waals surface area contributed by atoms with E-state index in [1.165, 1.54) is 7.11 Å². The molecule has 0 aromatic carbocycles. The number of rotatable bonds is 2. The van der Waals surface area contributed by atoms with Crippen LogP contribution >= 0.6 is 0 Å². The van der Waals surface area contributed by atoms with E-state index in [0.29, 0.717) is 19.3 Å². The number of esters is 1. The molecule has 0 radical (unpaired) electrons. The van der Waals surface area contributed by atoms with Gasteiger partial charge in [-0.3, -0.25) is 4.79 Å². The molecule has 1 fully saturated rings. The van der Waals surface area contributed by atoms with Gasteiger partial charge >= 0.3 is 5.97 Å². The lowest BCUT2D eigenvalue weighted by Crippen LogP contribution is -2.38. The van der Waals surface area contributed by atoms with Crippen molar-refractivity contribution in [1.29, 1.82) is 0 Å². The van der Waals surface area contributed by atoms with E-state index in [-0.39, 0.29) is 18.0 Å². The molecule has 1 aliphatic rings. The van der Waals surface area contributed by atoms with Crippen molar-refractivity contribution in [2.45, 2.75) is 31.5 Å². The van der Waals surface area contributed by atoms with Gasteiger partial charge in [0.2, 0.25) is 0 Å². The van der Waals surface area contributed by atoms with Crippen molar-refractivity contribution >= 4 is 5.97 Å². The van der Waals surface area contributed by atoms with Crippen LogP contribution in [0.4, 0.5) is 0 Å². The largest absolute Gasteiger partial charge is 0.469 e. The van der Waals surface area contributed by atoms with Crippen LogP contribution in [0.1, 0.15) is 19.3 Å². The van der Waals surface area contributed by atoms with E-state index < -0.39 is 6.10 Å². The molecule has 0 bridgehead atoms. The molecule has 0 saturated heterocycles. The molecule has 1 rings (SSSR count). The summed E-state index contributed by atoms with van der Waals surface area (Å²) >= 11 is 0. The van der Waals surface area contributed by atoms with Crippen LogP contribution in [-0.2, 0) is 14.3 Å². The molecule has 13 heavy (non-hydrogen) atoms. The molecule has 1 N–H and O–H groups in total. The molecule has 0 aliphatic heterocycles. The van der Waals surface area contributed by atoms with E-state index in [9.17, 15) is 9.90 Å². The number of hydrogen-bond acceptors (Lipinski definition) is 4. The Morgan fingerprint density at radius 3 is 2.62 bits per heavy atom. The minimum absolute atomic E-state index is 0.113. The lowest BCUT2D eigenvalue weighted by Gasteiger charge is -2.30. The predicted molar refractivity (Wildman–Crippen MR) is 46.2 cm³/mol. The van der Waals surface area contributed by atoms with E-state index in [4.69, 9.17) is 4.74 Å². The maximum absolute atomic E-state index is 11.2. The number of aliphatic hydroxyl groups excluding tert-OH is 1. The van der Waals surface area contributed by atoms with E-state index in [1.807, 2.05) is 0 Å². The summed E-state index contributed by atoms with van der Waals surface area (Å²) in [6.07, 6.45) is 1.19. The fraction of sp³-hybridized carbons (Fsp3) is 0.889. The third-order valence-electron chi connectivity index (χ3n) is 2.59. The summed E-state index contributed by atoms with van der Waals surface area (Å²) in [6, 6.07) is 0.